The third-order valence-corrected chi connectivity index (χ3v) is 3.80. The van der Waals surface area contributed by atoms with Crippen molar-refractivity contribution < 1.29 is 9.90 Å². The molecule has 0 saturated carbocycles. The van der Waals surface area contributed by atoms with Gasteiger partial charge in [0.15, 0.2) is 0 Å². The van der Waals surface area contributed by atoms with Crippen molar-refractivity contribution in [2.45, 2.75) is 5.75 Å². The maximum Gasteiger partial charge on any atom is 0.234 e. The number of carbonyl (C=O) groups is 1. The molecule has 0 aliphatic carbocycles. The van der Waals surface area contributed by atoms with Gasteiger partial charge in [0.2, 0.25) is 5.91 Å². The largest absolute Gasteiger partial charge is 0.508 e. The molecule has 0 aliphatic rings. The molecule has 20 heavy (non-hydrogen) atoms. The van der Waals surface area contributed by atoms with Gasteiger partial charge in [-0.15, -0.1) is 11.8 Å². The summed E-state index contributed by atoms with van der Waals surface area (Å²) in [7, 11) is 0. The molecule has 0 radical (unpaired) electrons. The van der Waals surface area contributed by atoms with Crippen LogP contribution in [0.4, 0.5) is 5.69 Å². The summed E-state index contributed by atoms with van der Waals surface area (Å²) in [5, 5.41) is 12.8. The maximum absolute atomic E-state index is 11.7. The standard InChI is InChI=1S/C15H14ClNO2S/c16-12-6-4-11(5-7-12)9-20-10-15(19)17-13-2-1-3-14(18)8-13/h1-8,18H,9-10H2,(H,17,19). The van der Waals surface area contributed by atoms with Crippen LogP contribution in [0.25, 0.3) is 0 Å². The highest BCUT2D eigenvalue weighted by Gasteiger charge is 2.03. The van der Waals surface area contributed by atoms with Gasteiger partial charge in [0.05, 0.1) is 5.75 Å². The van der Waals surface area contributed by atoms with Gasteiger partial charge in [-0.1, -0.05) is 29.8 Å². The molecule has 2 aromatic carbocycles. The molecule has 2 aromatic rings. The molecule has 3 nitrogen and oxygen atoms in total. The Bertz CT molecular complexity index is 587. The van der Waals surface area contributed by atoms with E-state index in [-0.39, 0.29) is 11.7 Å². The average molecular weight is 308 g/mol. The lowest BCUT2D eigenvalue weighted by atomic mass is 10.2. The summed E-state index contributed by atoms with van der Waals surface area (Å²) in [6, 6.07) is 14.1. The Kier molecular flexibility index (Phi) is 5.32. The van der Waals surface area contributed by atoms with Crippen LogP contribution in [-0.4, -0.2) is 16.8 Å². The number of nitrogens with one attached hydrogen (secondary N) is 1. The number of hydrogen-bond acceptors (Lipinski definition) is 3. The fourth-order valence-electron chi connectivity index (χ4n) is 1.62. The molecule has 0 aromatic heterocycles. The summed E-state index contributed by atoms with van der Waals surface area (Å²) in [6.45, 7) is 0. The summed E-state index contributed by atoms with van der Waals surface area (Å²) >= 11 is 7.33. The third kappa shape index (κ3) is 4.79. The molecule has 0 fully saturated rings. The van der Waals surface area contributed by atoms with E-state index in [1.54, 1.807) is 18.2 Å². The predicted octanol–water partition coefficient (Wildman–Crippen LogP) is 3.92. The van der Waals surface area contributed by atoms with Gasteiger partial charge in [-0.3, -0.25) is 4.79 Å². The molecule has 2 N–H and O–H groups in total. The number of halogens is 1. The first-order chi connectivity index (χ1) is 9.63. The molecule has 0 aliphatic heterocycles. The van der Waals surface area contributed by atoms with E-state index < -0.39 is 0 Å². The predicted molar refractivity (Wildman–Crippen MR) is 84.4 cm³/mol. The second-order valence-corrected chi connectivity index (χ2v) is 5.64. The van der Waals surface area contributed by atoms with Crippen LogP contribution in [0.1, 0.15) is 5.56 Å². The number of anilines is 1. The van der Waals surface area contributed by atoms with Crippen molar-refractivity contribution in [1.82, 2.24) is 0 Å². The number of amides is 1. The fourth-order valence-corrected chi connectivity index (χ4v) is 2.54. The van der Waals surface area contributed by atoms with Crippen molar-refractivity contribution in [3.05, 3.63) is 59.1 Å². The van der Waals surface area contributed by atoms with Gasteiger partial charge in [0.25, 0.3) is 0 Å². The molecule has 1 amide bonds. The second kappa shape index (κ2) is 7.22. The van der Waals surface area contributed by atoms with Gasteiger partial charge in [0, 0.05) is 22.5 Å². The zero-order valence-electron chi connectivity index (χ0n) is 10.7. The summed E-state index contributed by atoms with van der Waals surface area (Å²) in [5.41, 5.74) is 1.73. The van der Waals surface area contributed by atoms with Gasteiger partial charge in [-0.05, 0) is 29.8 Å². The van der Waals surface area contributed by atoms with Crippen LogP contribution in [0, 0.1) is 0 Å². The minimum atomic E-state index is -0.0884. The molecule has 0 saturated heterocycles. The van der Waals surface area contributed by atoms with E-state index in [1.165, 1.54) is 17.8 Å². The molecule has 2 rings (SSSR count). The number of phenolic OH excluding ortho intramolecular Hbond substituents is 1. The maximum atomic E-state index is 11.7. The first-order valence-corrected chi connectivity index (χ1v) is 7.58. The zero-order valence-corrected chi connectivity index (χ0v) is 12.2. The lowest BCUT2D eigenvalue weighted by Crippen LogP contribution is -2.14. The Labute approximate surface area is 127 Å². The Morgan fingerprint density at radius 3 is 2.65 bits per heavy atom. The van der Waals surface area contributed by atoms with Crippen LogP contribution < -0.4 is 5.32 Å². The van der Waals surface area contributed by atoms with Crippen LogP contribution in [-0.2, 0) is 10.5 Å². The van der Waals surface area contributed by atoms with Crippen LogP contribution >= 0.6 is 23.4 Å². The number of aromatic hydroxyl groups is 1. The highest BCUT2D eigenvalue weighted by Crippen LogP contribution is 2.17. The van der Waals surface area contributed by atoms with Crippen molar-refractivity contribution in [3.8, 4) is 5.75 Å². The van der Waals surface area contributed by atoms with Gasteiger partial charge in [-0.2, -0.15) is 0 Å². The number of rotatable bonds is 5. The van der Waals surface area contributed by atoms with Gasteiger partial charge < -0.3 is 10.4 Å². The van der Waals surface area contributed by atoms with E-state index in [4.69, 9.17) is 11.6 Å². The summed E-state index contributed by atoms with van der Waals surface area (Å²) in [6.07, 6.45) is 0. The van der Waals surface area contributed by atoms with Crippen molar-refractivity contribution in [2.24, 2.45) is 0 Å². The molecule has 0 atom stereocenters. The van der Waals surface area contributed by atoms with E-state index in [1.807, 2.05) is 24.3 Å². The topological polar surface area (TPSA) is 49.3 Å². The van der Waals surface area contributed by atoms with E-state index in [0.29, 0.717) is 16.5 Å². The highest BCUT2D eigenvalue weighted by atomic mass is 35.5. The van der Waals surface area contributed by atoms with Crippen molar-refractivity contribution in [1.29, 1.82) is 0 Å². The number of carbonyl (C=O) groups excluding carboxylic acids is 1. The van der Waals surface area contributed by atoms with Crippen LogP contribution in [0.2, 0.25) is 5.02 Å². The van der Waals surface area contributed by atoms with E-state index in [0.717, 1.165) is 11.3 Å². The summed E-state index contributed by atoms with van der Waals surface area (Å²) in [5.74, 6) is 1.16. The molecular weight excluding hydrogens is 294 g/mol. The molecule has 0 heterocycles. The lowest BCUT2D eigenvalue weighted by Gasteiger charge is -2.05. The lowest BCUT2D eigenvalue weighted by molar-refractivity contribution is -0.113. The Morgan fingerprint density at radius 1 is 1.20 bits per heavy atom. The highest BCUT2D eigenvalue weighted by molar-refractivity contribution is 7.99. The Morgan fingerprint density at radius 2 is 1.95 bits per heavy atom. The first kappa shape index (κ1) is 14.8. The van der Waals surface area contributed by atoms with Crippen LogP contribution in [0.15, 0.2) is 48.5 Å². The second-order valence-electron chi connectivity index (χ2n) is 4.22. The quantitative estimate of drug-likeness (QED) is 0.880. The monoisotopic (exact) mass is 307 g/mol. The van der Waals surface area contributed by atoms with E-state index >= 15 is 0 Å². The van der Waals surface area contributed by atoms with Crippen LogP contribution in [0.5, 0.6) is 5.75 Å². The smallest absolute Gasteiger partial charge is 0.234 e. The molecule has 0 spiro atoms. The normalized spacial score (nSPS) is 10.2. The SMILES string of the molecule is O=C(CSCc1ccc(Cl)cc1)Nc1cccc(O)c1. The number of thioether (sulfide) groups is 1. The van der Waals surface area contributed by atoms with Crippen molar-refractivity contribution in [3.63, 3.8) is 0 Å². The molecule has 0 unspecified atom stereocenters. The molecule has 5 heteroatoms. The average Bonchev–Trinajstić information content (AvgIpc) is 2.41. The molecular formula is C15H14ClNO2S. The minimum Gasteiger partial charge on any atom is -0.508 e. The first-order valence-electron chi connectivity index (χ1n) is 6.04. The van der Waals surface area contributed by atoms with Crippen molar-refractivity contribution >= 4 is 35.0 Å². The third-order valence-electron chi connectivity index (χ3n) is 2.55. The van der Waals surface area contributed by atoms with Gasteiger partial charge >= 0.3 is 0 Å². The Hall–Kier alpha value is -1.65. The number of phenols is 1. The van der Waals surface area contributed by atoms with Gasteiger partial charge in [-0.25, -0.2) is 0 Å². The van der Waals surface area contributed by atoms with E-state index in [2.05, 4.69) is 5.32 Å². The van der Waals surface area contributed by atoms with Crippen molar-refractivity contribution in [2.75, 3.05) is 11.1 Å². The van der Waals surface area contributed by atoms with Gasteiger partial charge in [0.1, 0.15) is 5.75 Å². The number of benzene rings is 2. The van der Waals surface area contributed by atoms with Crippen LogP contribution in [0.3, 0.4) is 0 Å². The minimum absolute atomic E-state index is 0.0884. The van der Waals surface area contributed by atoms with E-state index in [9.17, 15) is 9.90 Å². The fraction of sp³-hybridized carbons (Fsp3) is 0.133. The summed E-state index contributed by atoms with van der Waals surface area (Å²) < 4.78 is 0. The number of hydrogen-bond donors (Lipinski definition) is 2. The Balaban J connectivity index is 1.76. The molecule has 104 valence electrons. The zero-order chi connectivity index (χ0) is 14.4. The summed E-state index contributed by atoms with van der Waals surface area (Å²) in [4.78, 5) is 11.7. The molecule has 0 bridgehead atoms.